The fourth-order valence-electron chi connectivity index (χ4n) is 1.18. The van der Waals surface area contributed by atoms with E-state index >= 15 is 0 Å². The molecule has 2 heterocycles. The molecule has 5 nitrogen and oxygen atoms in total. The Hall–Kier alpha value is -2.30. The average molecular weight is 217 g/mol. The third-order valence-corrected chi connectivity index (χ3v) is 1.94. The zero-order chi connectivity index (χ0) is 11.4. The van der Waals surface area contributed by atoms with Crippen molar-refractivity contribution in [3.8, 4) is 5.88 Å². The van der Waals surface area contributed by atoms with Crippen molar-refractivity contribution in [2.45, 2.75) is 6.61 Å². The van der Waals surface area contributed by atoms with Crippen LogP contribution in [0.4, 0.5) is 0 Å². The van der Waals surface area contributed by atoms with Gasteiger partial charge in [-0.3, -0.25) is 5.41 Å². The number of nitrogens with one attached hydrogen (secondary N) is 1. The molecule has 0 bridgehead atoms. The van der Waals surface area contributed by atoms with E-state index < -0.39 is 0 Å². The van der Waals surface area contributed by atoms with Crippen LogP contribution in [0.25, 0.3) is 0 Å². The number of ether oxygens (including phenoxy) is 1. The van der Waals surface area contributed by atoms with Gasteiger partial charge in [0.05, 0.1) is 6.26 Å². The first kappa shape index (κ1) is 10.2. The van der Waals surface area contributed by atoms with Gasteiger partial charge < -0.3 is 14.9 Å². The molecule has 0 aliphatic heterocycles. The summed E-state index contributed by atoms with van der Waals surface area (Å²) in [5.41, 5.74) is 5.72. The molecule has 0 unspecified atom stereocenters. The summed E-state index contributed by atoms with van der Waals surface area (Å²) in [6.45, 7) is 0.307. The summed E-state index contributed by atoms with van der Waals surface area (Å²) in [6, 6.07) is 8.70. The van der Waals surface area contributed by atoms with Crippen LogP contribution in [0.5, 0.6) is 5.88 Å². The van der Waals surface area contributed by atoms with Crippen molar-refractivity contribution in [2.24, 2.45) is 5.73 Å². The van der Waals surface area contributed by atoms with Crippen LogP contribution in [0, 0.1) is 5.41 Å². The number of hydrogen-bond acceptors (Lipinski definition) is 4. The summed E-state index contributed by atoms with van der Waals surface area (Å²) < 4.78 is 10.5. The smallest absolute Gasteiger partial charge is 0.214 e. The minimum absolute atomic E-state index is 0.0801. The SMILES string of the molecule is N=C(N)c1cccc(OCc2ccco2)n1. The van der Waals surface area contributed by atoms with E-state index in [1.165, 1.54) is 0 Å². The molecule has 0 radical (unpaired) electrons. The molecule has 0 aliphatic rings. The van der Waals surface area contributed by atoms with E-state index in [4.69, 9.17) is 20.3 Å². The molecule has 16 heavy (non-hydrogen) atoms. The van der Waals surface area contributed by atoms with E-state index in [1.807, 2.05) is 6.07 Å². The Labute approximate surface area is 92.4 Å². The number of hydrogen-bond donors (Lipinski definition) is 2. The molecule has 0 atom stereocenters. The lowest BCUT2D eigenvalue weighted by atomic mass is 10.3. The van der Waals surface area contributed by atoms with Crippen molar-refractivity contribution in [3.05, 3.63) is 48.0 Å². The lowest BCUT2D eigenvalue weighted by molar-refractivity contribution is 0.260. The van der Waals surface area contributed by atoms with Crippen LogP contribution < -0.4 is 10.5 Å². The number of furan rings is 1. The zero-order valence-corrected chi connectivity index (χ0v) is 8.51. The Bertz CT molecular complexity index is 480. The van der Waals surface area contributed by atoms with Gasteiger partial charge in [-0.1, -0.05) is 6.07 Å². The number of nitrogen functional groups attached to an aromatic ring is 1. The number of pyridine rings is 1. The van der Waals surface area contributed by atoms with E-state index in [1.54, 1.807) is 30.5 Å². The summed E-state index contributed by atoms with van der Waals surface area (Å²) in [5, 5.41) is 7.24. The highest BCUT2D eigenvalue weighted by atomic mass is 16.5. The quantitative estimate of drug-likeness (QED) is 0.600. The highest BCUT2D eigenvalue weighted by Gasteiger charge is 2.02. The van der Waals surface area contributed by atoms with Crippen LogP contribution in [0.15, 0.2) is 41.0 Å². The molecular weight excluding hydrogens is 206 g/mol. The van der Waals surface area contributed by atoms with E-state index in [-0.39, 0.29) is 5.84 Å². The number of nitrogens with zero attached hydrogens (tertiary/aromatic N) is 1. The van der Waals surface area contributed by atoms with Crippen molar-refractivity contribution >= 4 is 5.84 Å². The number of rotatable bonds is 4. The molecule has 5 heteroatoms. The number of amidine groups is 1. The summed E-state index contributed by atoms with van der Waals surface area (Å²) in [4.78, 5) is 4.06. The van der Waals surface area contributed by atoms with E-state index in [0.717, 1.165) is 5.76 Å². The first-order valence-corrected chi connectivity index (χ1v) is 4.72. The largest absolute Gasteiger partial charge is 0.469 e. The first-order chi connectivity index (χ1) is 7.75. The van der Waals surface area contributed by atoms with Crippen molar-refractivity contribution in [2.75, 3.05) is 0 Å². The Morgan fingerprint density at radius 1 is 1.38 bits per heavy atom. The van der Waals surface area contributed by atoms with E-state index in [0.29, 0.717) is 18.2 Å². The lowest BCUT2D eigenvalue weighted by Crippen LogP contribution is -2.13. The van der Waals surface area contributed by atoms with E-state index in [2.05, 4.69) is 4.98 Å². The van der Waals surface area contributed by atoms with Gasteiger partial charge in [0.15, 0.2) is 0 Å². The van der Waals surface area contributed by atoms with Crippen molar-refractivity contribution in [1.29, 1.82) is 5.41 Å². The van der Waals surface area contributed by atoms with Gasteiger partial charge in [0.25, 0.3) is 0 Å². The summed E-state index contributed by atoms with van der Waals surface area (Å²) >= 11 is 0. The predicted molar refractivity (Wildman–Crippen MR) is 58.3 cm³/mol. The third kappa shape index (κ3) is 2.38. The van der Waals surface area contributed by atoms with Crippen LogP contribution in [0.1, 0.15) is 11.5 Å². The molecule has 0 saturated carbocycles. The molecule has 2 rings (SSSR count). The first-order valence-electron chi connectivity index (χ1n) is 4.72. The van der Waals surface area contributed by atoms with Gasteiger partial charge in [0, 0.05) is 6.07 Å². The maximum Gasteiger partial charge on any atom is 0.214 e. The molecule has 2 aromatic rings. The molecule has 0 aliphatic carbocycles. The van der Waals surface area contributed by atoms with Crippen LogP contribution in [-0.4, -0.2) is 10.8 Å². The molecule has 3 N–H and O–H groups in total. The molecule has 82 valence electrons. The maximum atomic E-state index is 7.24. The molecule has 2 aromatic heterocycles. The third-order valence-electron chi connectivity index (χ3n) is 1.94. The van der Waals surface area contributed by atoms with Crippen LogP contribution in [0.3, 0.4) is 0 Å². The van der Waals surface area contributed by atoms with Crippen LogP contribution in [0.2, 0.25) is 0 Å². The fourth-order valence-corrected chi connectivity index (χ4v) is 1.18. The Morgan fingerprint density at radius 3 is 2.94 bits per heavy atom. The average Bonchev–Trinajstić information content (AvgIpc) is 2.79. The topological polar surface area (TPSA) is 85.1 Å². The molecule has 0 fully saturated rings. The highest BCUT2D eigenvalue weighted by molar-refractivity contribution is 5.93. The number of nitrogens with two attached hydrogens (primary N) is 1. The summed E-state index contributed by atoms with van der Waals surface area (Å²) in [6.07, 6.45) is 1.58. The summed E-state index contributed by atoms with van der Waals surface area (Å²) in [5.74, 6) is 1.06. The molecular formula is C11H11N3O2. The van der Waals surface area contributed by atoms with Gasteiger partial charge in [-0.05, 0) is 18.2 Å². The fraction of sp³-hybridized carbons (Fsp3) is 0.0909. The zero-order valence-electron chi connectivity index (χ0n) is 8.51. The lowest BCUT2D eigenvalue weighted by Gasteiger charge is -2.04. The van der Waals surface area contributed by atoms with Gasteiger partial charge in [-0.2, -0.15) is 0 Å². The van der Waals surface area contributed by atoms with Gasteiger partial charge in [0.2, 0.25) is 5.88 Å². The monoisotopic (exact) mass is 217 g/mol. The van der Waals surface area contributed by atoms with Crippen molar-refractivity contribution in [1.82, 2.24) is 4.98 Å². The van der Waals surface area contributed by atoms with E-state index in [9.17, 15) is 0 Å². The predicted octanol–water partition coefficient (Wildman–Crippen LogP) is 1.54. The molecule has 0 amide bonds. The van der Waals surface area contributed by atoms with Gasteiger partial charge >= 0.3 is 0 Å². The summed E-state index contributed by atoms with van der Waals surface area (Å²) in [7, 11) is 0. The maximum absolute atomic E-state index is 7.24. The normalized spacial score (nSPS) is 10.0. The highest BCUT2D eigenvalue weighted by Crippen LogP contribution is 2.10. The van der Waals surface area contributed by atoms with Gasteiger partial charge in [0.1, 0.15) is 23.9 Å². The Morgan fingerprint density at radius 2 is 2.25 bits per heavy atom. The standard InChI is InChI=1S/C11H11N3O2/c12-11(13)9-4-1-5-10(14-9)16-7-8-3-2-6-15-8/h1-6H,7H2,(H3,12,13). The van der Waals surface area contributed by atoms with Crippen molar-refractivity contribution in [3.63, 3.8) is 0 Å². The Kier molecular flexibility index (Phi) is 2.86. The van der Waals surface area contributed by atoms with Crippen LogP contribution >= 0.6 is 0 Å². The molecule has 0 saturated heterocycles. The minimum Gasteiger partial charge on any atom is -0.469 e. The van der Waals surface area contributed by atoms with Crippen molar-refractivity contribution < 1.29 is 9.15 Å². The second kappa shape index (κ2) is 4.48. The second-order valence-electron chi connectivity index (χ2n) is 3.14. The molecule has 0 aromatic carbocycles. The van der Waals surface area contributed by atoms with Gasteiger partial charge in [-0.15, -0.1) is 0 Å². The minimum atomic E-state index is -0.0801. The van der Waals surface area contributed by atoms with Crippen LogP contribution in [-0.2, 0) is 6.61 Å². The van der Waals surface area contributed by atoms with Gasteiger partial charge in [-0.25, -0.2) is 4.98 Å². The number of aromatic nitrogens is 1. The molecule has 0 spiro atoms. The Balaban J connectivity index is 2.04. The second-order valence-corrected chi connectivity index (χ2v) is 3.14.